The monoisotopic (exact) mass is 632 g/mol. The van der Waals surface area contributed by atoms with Crippen molar-refractivity contribution in [3.8, 4) is 5.75 Å². The number of H-pyrrole nitrogens is 1. The van der Waals surface area contributed by atoms with E-state index in [1.54, 1.807) is 66.7 Å². The summed E-state index contributed by atoms with van der Waals surface area (Å²) in [6.45, 7) is -1.46. The fraction of sp³-hybridized carbons (Fsp3) is 0.172. The topological polar surface area (TPSA) is 126 Å². The minimum atomic E-state index is -1.01. The molecule has 4 rings (SSSR count). The van der Waals surface area contributed by atoms with Crippen molar-refractivity contribution in [2.75, 3.05) is 13.2 Å². The van der Waals surface area contributed by atoms with Crippen LogP contribution in [0.4, 0.5) is 0 Å². The standard InChI is InChI=1S/C29H23Cl3N2O8/c30-20-11-12-24(22(31)13-20)39-16-23-25(32)26(35)33-29(38)34(23)17-42-21(14-40-27(36)18-7-3-1-4-8-18)15-41-28(37)19-9-5-2-6-10-19/h1-13,21H,14-17H2,(H,33,35,38). The number of carbonyl (C=O) groups excluding carboxylic acids is 2. The third kappa shape index (κ3) is 8.23. The van der Waals surface area contributed by atoms with Crippen LogP contribution in [0, 0.1) is 0 Å². The maximum atomic E-state index is 12.7. The lowest BCUT2D eigenvalue weighted by atomic mass is 10.2. The number of nitrogens with one attached hydrogen (secondary N) is 1. The average molecular weight is 634 g/mol. The van der Waals surface area contributed by atoms with Crippen molar-refractivity contribution in [1.82, 2.24) is 9.55 Å². The highest BCUT2D eigenvalue weighted by atomic mass is 35.5. The Morgan fingerprint density at radius 3 is 1.93 bits per heavy atom. The summed E-state index contributed by atoms with van der Waals surface area (Å²) in [6, 6.07) is 21.1. The SMILES string of the molecule is O=C(OCC(COC(=O)c1ccccc1)OCn1c(COc2ccc(Cl)cc2Cl)c(Cl)c(=O)[nH]c1=O)c1ccccc1. The normalized spacial score (nSPS) is 10.9. The molecule has 0 fully saturated rings. The van der Waals surface area contributed by atoms with Crippen molar-refractivity contribution in [2.45, 2.75) is 19.4 Å². The Labute approximate surface area is 254 Å². The number of benzene rings is 3. The largest absolute Gasteiger partial charge is 0.486 e. The molecule has 3 aromatic carbocycles. The molecule has 42 heavy (non-hydrogen) atoms. The van der Waals surface area contributed by atoms with E-state index in [1.807, 2.05) is 0 Å². The molecule has 4 aromatic rings. The van der Waals surface area contributed by atoms with Gasteiger partial charge >= 0.3 is 17.6 Å². The number of aromatic nitrogens is 2. The number of halogens is 3. The van der Waals surface area contributed by atoms with Gasteiger partial charge in [0.2, 0.25) is 0 Å². The van der Waals surface area contributed by atoms with Gasteiger partial charge in [0.25, 0.3) is 5.56 Å². The summed E-state index contributed by atoms with van der Waals surface area (Å²) in [7, 11) is 0. The second-order valence-electron chi connectivity index (χ2n) is 8.66. The highest BCUT2D eigenvalue weighted by Crippen LogP contribution is 2.28. The Balaban J connectivity index is 1.51. The van der Waals surface area contributed by atoms with E-state index >= 15 is 0 Å². The van der Waals surface area contributed by atoms with Gasteiger partial charge in [0, 0.05) is 5.02 Å². The molecule has 1 N–H and O–H groups in total. The molecule has 0 saturated heterocycles. The molecule has 10 nitrogen and oxygen atoms in total. The summed E-state index contributed by atoms with van der Waals surface area (Å²) in [5.41, 5.74) is -1.07. The first-order valence-electron chi connectivity index (χ1n) is 12.4. The maximum absolute atomic E-state index is 12.7. The van der Waals surface area contributed by atoms with Crippen LogP contribution in [0.15, 0.2) is 88.5 Å². The number of rotatable bonds is 12. The number of ether oxygens (including phenoxy) is 4. The quantitative estimate of drug-likeness (QED) is 0.213. The van der Waals surface area contributed by atoms with Crippen LogP contribution in [0.5, 0.6) is 5.75 Å². The van der Waals surface area contributed by atoms with Gasteiger partial charge < -0.3 is 18.9 Å². The molecule has 13 heteroatoms. The van der Waals surface area contributed by atoms with Crippen molar-refractivity contribution < 1.29 is 28.5 Å². The van der Waals surface area contributed by atoms with Gasteiger partial charge in [-0.05, 0) is 42.5 Å². The van der Waals surface area contributed by atoms with Crippen LogP contribution in [0.25, 0.3) is 0 Å². The molecule has 0 saturated carbocycles. The van der Waals surface area contributed by atoms with E-state index in [0.717, 1.165) is 4.57 Å². The first-order valence-corrected chi connectivity index (χ1v) is 13.5. The van der Waals surface area contributed by atoms with Gasteiger partial charge in [-0.3, -0.25) is 14.3 Å². The highest BCUT2D eigenvalue weighted by Gasteiger charge is 2.20. The summed E-state index contributed by atoms with van der Waals surface area (Å²) in [4.78, 5) is 52.1. The fourth-order valence-electron chi connectivity index (χ4n) is 3.58. The zero-order valence-electron chi connectivity index (χ0n) is 21.8. The maximum Gasteiger partial charge on any atom is 0.338 e. The number of aromatic amines is 1. The molecule has 0 bridgehead atoms. The number of hydrogen-bond acceptors (Lipinski definition) is 8. The lowest BCUT2D eigenvalue weighted by molar-refractivity contribution is -0.0645. The summed E-state index contributed by atoms with van der Waals surface area (Å²) in [5, 5.41) is 0.277. The van der Waals surface area contributed by atoms with Crippen molar-refractivity contribution in [1.29, 1.82) is 0 Å². The molecule has 1 heterocycles. The van der Waals surface area contributed by atoms with Gasteiger partial charge in [-0.25, -0.2) is 14.4 Å². The highest BCUT2D eigenvalue weighted by molar-refractivity contribution is 6.35. The van der Waals surface area contributed by atoms with Crippen LogP contribution < -0.4 is 16.0 Å². The predicted octanol–water partition coefficient (Wildman–Crippen LogP) is 5.13. The zero-order valence-corrected chi connectivity index (χ0v) is 24.0. The van der Waals surface area contributed by atoms with E-state index in [2.05, 4.69) is 4.98 Å². The summed E-state index contributed by atoms with van der Waals surface area (Å²) < 4.78 is 23.3. The fourth-order valence-corrected chi connectivity index (χ4v) is 4.25. The zero-order chi connectivity index (χ0) is 30.1. The first kappa shape index (κ1) is 30.9. The molecule has 0 aliphatic carbocycles. The summed E-state index contributed by atoms with van der Waals surface area (Å²) in [5.74, 6) is -1.02. The van der Waals surface area contributed by atoms with Crippen LogP contribution in [0.1, 0.15) is 26.4 Å². The Hall–Kier alpha value is -4.09. The Morgan fingerprint density at radius 1 is 0.810 bits per heavy atom. The van der Waals surface area contributed by atoms with E-state index in [-0.39, 0.29) is 41.3 Å². The van der Waals surface area contributed by atoms with Crippen LogP contribution >= 0.6 is 34.8 Å². The van der Waals surface area contributed by atoms with Crippen LogP contribution in [0.3, 0.4) is 0 Å². The van der Waals surface area contributed by atoms with Gasteiger partial charge in [0.05, 0.1) is 21.8 Å². The van der Waals surface area contributed by atoms with Crippen LogP contribution in [0.2, 0.25) is 15.1 Å². The Bertz CT molecular complexity index is 1600. The van der Waals surface area contributed by atoms with E-state index in [4.69, 9.17) is 53.8 Å². The minimum Gasteiger partial charge on any atom is -0.486 e. The minimum absolute atomic E-state index is 0.0160. The van der Waals surface area contributed by atoms with Crippen molar-refractivity contribution >= 4 is 46.7 Å². The molecule has 0 aliphatic rings. The number of hydrogen-bond donors (Lipinski definition) is 1. The molecule has 0 unspecified atom stereocenters. The van der Waals surface area contributed by atoms with Gasteiger partial charge in [-0.15, -0.1) is 0 Å². The molecular weight excluding hydrogens is 611 g/mol. The molecule has 0 radical (unpaired) electrons. The summed E-state index contributed by atoms with van der Waals surface area (Å²) >= 11 is 18.3. The molecule has 0 atom stereocenters. The van der Waals surface area contributed by atoms with E-state index in [9.17, 15) is 19.2 Å². The predicted molar refractivity (Wildman–Crippen MR) is 155 cm³/mol. The molecule has 1 aromatic heterocycles. The van der Waals surface area contributed by atoms with E-state index in [1.165, 1.54) is 12.1 Å². The molecular formula is C29H23Cl3N2O8. The van der Waals surface area contributed by atoms with Gasteiger partial charge in [0.15, 0.2) is 0 Å². The van der Waals surface area contributed by atoms with E-state index < -0.39 is 36.0 Å². The molecule has 0 spiro atoms. The molecule has 218 valence electrons. The van der Waals surface area contributed by atoms with Crippen molar-refractivity contribution in [3.63, 3.8) is 0 Å². The summed E-state index contributed by atoms with van der Waals surface area (Å²) in [6.07, 6.45) is -1.01. The number of esters is 2. The molecule has 0 aliphatic heterocycles. The smallest absolute Gasteiger partial charge is 0.338 e. The number of nitrogens with zero attached hydrogens (tertiary/aromatic N) is 1. The lowest BCUT2D eigenvalue weighted by Gasteiger charge is -2.20. The second kappa shape index (κ2) is 14.7. The van der Waals surface area contributed by atoms with Gasteiger partial charge in [-0.1, -0.05) is 71.2 Å². The second-order valence-corrected chi connectivity index (χ2v) is 9.88. The van der Waals surface area contributed by atoms with Crippen molar-refractivity contribution in [2.24, 2.45) is 0 Å². The third-order valence-electron chi connectivity index (χ3n) is 5.76. The Morgan fingerprint density at radius 2 is 1.38 bits per heavy atom. The average Bonchev–Trinajstić information content (AvgIpc) is 2.99. The van der Waals surface area contributed by atoms with Crippen LogP contribution in [-0.2, 0) is 27.5 Å². The van der Waals surface area contributed by atoms with E-state index in [0.29, 0.717) is 16.1 Å². The van der Waals surface area contributed by atoms with Crippen molar-refractivity contribution in [3.05, 3.63) is 132 Å². The Kier molecular flexibility index (Phi) is 10.8. The van der Waals surface area contributed by atoms with Gasteiger partial charge in [0.1, 0.15) is 43.4 Å². The lowest BCUT2D eigenvalue weighted by Crippen LogP contribution is -2.37. The van der Waals surface area contributed by atoms with Crippen LogP contribution in [-0.4, -0.2) is 40.8 Å². The number of carbonyl (C=O) groups is 2. The molecule has 0 amide bonds. The van der Waals surface area contributed by atoms with Gasteiger partial charge in [-0.2, -0.15) is 0 Å². The third-order valence-corrected chi connectivity index (χ3v) is 6.68. The first-order chi connectivity index (χ1) is 20.2.